The average molecular weight is 482 g/mol. The highest BCUT2D eigenvalue weighted by Crippen LogP contribution is 2.39. The van der Waals surface area contributed by atoms with Crippen LogP contribution >= 0.6 is 24.0 Å². The fourth-order valence-corrected chi connectivity index (χ4v) is 4.76. The van der Waals surface area contributed by atoms with E-state index in [0.717, 1.165) is 51.4 Å². The molecular weight excluding hydrogens is 450 g/mol. The van der Waals surface area contributed by atoms with Gasteiger partial charge in [0.1, 0.15) is 4.32 Å². The molecule has 1 aromatic carbocycles. The highest BCUT2D eigenvalue weighted by Gasteiger charge is 2.31. The van der Waals surface area contributed by atoms with Crippen LogP contribution in [0.3, 0.4) is 0 Å². The number of ether oxygens (including phenoxy) is 2. The number of rotatable bonds is 14. The number of aliphatic carboxylic acids is 1. The lowest BCUT2D eigenvalue weighted by molar-refractivity contribution is -0.137. The van der Waals surface area contributed by atoms with E-state index in [2.05, 4.69) is 0 Å². The first kappa shape index (κ1) is 26.0. The van der Waals surface area contributed by atoms with E-state index in [1.54, 1.807) is 23.1 Å². The van der Waals surface area contributed by atoms with Gasteiger partial charge in [-0.25, -0.2) is 0 Å². The number of methoxy groups -OCH3 is 2. The molecule has 1 aliphatic heterocycles. The van der Waals surface area contributed by atoms with Crippen LogP contribution in [-0.4, -0.2) is 52.1 Å². The third-order valence-corrected chi connectivity index (χ3v) is 6.57. The van der Waals surface area contributed by atoms with Crippen LogP contribution in [0.5, 0.6) is 17.2 Å². The van der Waals surface area contributed by atoms with E-state index in [9.17, 15) is 14.7 Å². The topological polar surface area (TPSA) is 96.3 Å². The number of aromatic hydroxyl groups is 1. The highest BCUT2D eigenvalue weighted by molar-refractivity contribution is 8.26. The number of thioether (sulfide) groups is 1. The second kappa shape index (κ2) is 13.3. The number of benzene rings is 1. The summed E-state index contributed by atoms with van der Waals surface area (Å²) in [6.45, 7) is 0.600. The SMILES string of the molecule is COc1cc(/C=C2\SC(=S)N(CCCCCCCCCCC(=O)O)C2=O)cc(OC)c1O. The lowest BCUT2D eigenvalue weighted by Crippen LogP contribution is -2.29. The molecule has 2 rings (SSSR count). The lowest BCUT2D eigenvalue weighted by atomic mass is 10.1. The van der Waals surface area contributed by atoms with Gasteiger partial charge in [0.25, 0.3) is 5.91 Å². The Bertz CT molecular complexity index is 830. The number of amides is 1. The summed E-state index contributed by atoms with van der Waals surface area (Å²) in [5.41, 5.74) is 0.681. The minimum absolute atomic E-state index is 0.0834. The normalized spacial score (nSPS) is 14.9. The molecule has 0 aliphatic carbocycles. The van der Waals surface area contributed by atoms with E-state index in [1.807, 2.05) is 0 Å². The van der Waals surface area contributed by atoms with Crippen LogP contribution in [0.4, 0.5) is 0 Å². The number of phenolic OH excluding ortho intramolecular Hbond substituents is 1. The second-order valence-corrected chi connectivity index (χ2v) is 9.26. The molecule has 9 heteroatoms. The molecule has 7 nitrogen and oxygen atoms in total. The zero-order chi connectivity index (χ0) is 23.5. The summed E-state index contributed by atoms with van der Waals surface area (Å²) < 4.78 is 10.9. The van der Waals surface area contributed by atoms with Crippen molar-refractivity contribution in [2.75, 3.05) is 20.8 Å². The first-order valence-corrected chi connectivity index (χ1v) is 12.0. The van der Waals surface area contributed by atoms with E-state index in [1.165, 1.54) is 26.0 Å². The predicted octanol–water partition coefficient (Wildman–Crippen LogP) is 5.21. The molecule has 2 N–H and O–H groups in total. The lowest BCUT2D eigenvalue weighted by Gasteiger charge is -2.14. The summed E-state index contributed by atoms with van der Waals surface area (Å²) in [6, 6.07) is 3.29. The Labute approximate surface area is 198 Å². The van der Waals surface area contributed by atoms with Crippen molar-refractivity contribution >= 4 is 46.3 Å². The van der Waals surface area contributed by atoms with Gasteiger partial charge in [-0.2, -0.15) is 0 Å². The first-order valence-electron chi connectivity index (χ1n) is 10.8. The Kier molecular flexibility index (Phi) is 10.8. The van der Waals surface area contributed by atoms with E-state index < -0.39 is 5.97 Å². The number of unbranched alkanes of at least 4 members (excludes halogenated alkanes) is 7. The number of nitrogens with zero attached hydrogens (tertiary/aromatic N) is 1. The molecule has 0 atom stereocenters. The summed E-state index contributed by atoms with van der Waals surface area (Å²) in [4.78, 5) is 25.5. The maximum Gasteiger partial charge on any atom is 0.303 e. The maximum absolute atomic E-state index is 12.8. The molecule has 1 fully saturated rings. The molecule has 0 unspecified atom stereocenters. The summed E-state index contributed by atoms with van der Waals surface area (Å²) in [5.74, 6) is -0.372. The molecule has 176 valence electrons. The van der Waals surface area contributed by atoms with Crippen molar-refractivity contribution in [2.45, 2.75) is 57.8 Å². The van der Waals surface area contributed by atoms with E-state index >= 15 is 0 Å². The van der Waals surface area contributed by atoms with Gasteiger partial charge in [0.15, 0.2) is 11.5 Å². The van der Waals surface area contributed by atoms with Gasteiger partial charge < -0.3 is 19.7 Å². The van der Waals surface area contributed by atoms with Crippen molar-refractivity contribution in [1.29, 1.82) is 0 Å². The summed E-state index contributed by atoms with van der Waals surface area (Å²) in [7, 11) is 2.91. The van der Waals surface area contributed by atoms with Crippen molar-refractivity contribution in [2.24, 2.45) is 0 Å². The molecule has 1 aliphatic rings. The minimum Gasteiger partial charge on any atom is -0.502 e. The fourth-order valence-electron chi connectivity index (χ4n) is 3.45. The second-order valence-electron chi connectivity index (χ2n) is 7.58. The molecule has 0 spiro atoms. The molecule has 32 heavy (non-hydrogen) atoms. The molecule has 0 aromatic heterocycles. The van der Waals surface area contributed by atoms with Crippen molar-refractivity contribution < 1.29 is 29.3 Å². The van der Waals surface area contributed by atoms with Crippen LogP contribution in [0.1, 0.15) is 63.4 Å². The van der Waals surface area contributed by atoms with Crippen LogP contribution in [0.2, 0.25) is 0 Å². The summed E-state index contributed by atoms with van der Waals surface area (Å²) in [6.07, 6.45) is 10.0. The van der Waals surface area contributed by atoms with Crippen LogP contribution in [0, 0.1) is 0 Å². The van der Waals surface area contributed by atoms with Crippen LogP contribution in [0.15, 0.2) is 17.0 Å². The molecule has 0 saturated carbocycles. The Morgan fingerprint density at radius 3 is 2.09 bits per heavy atom. The van der Waals surface area contributed by atoms with Crippen molar-refractivity contribution in [3.63, 3.8) is 0 Å². The summed E-state index contributed by atoms with van der Waals surface area (Å²) >= 11 is 6.68. The number of hydrogen-bond donors (Lipinski definition) is 2. The first-order chi connectivity index (χ1) is 15.4. The van der Waals surface area contributed by atoms with Gasteiger partial charge in [-0.15, -0.1) is 0 Å². The van der Waals surface area contributed by atoms with Gasteiger partial charge in [-0.3, -0.25) is 14.5 Å². The molecule has 1 aromatic rings. The third-order valence-electron chi connectivity index (χ3n) is 5.20. The Morgan fingerprint density at radius 1 is 1.03 bits per heavy atom. The number of carbonyl (C=O) groups is 2. The fraction of sp³-hybridized carbons (Fsp3) is 0.522. The van der Waals surface area contributed by atoms with Gasteiger partial charge in [-0.1, -0.05) is 62.5 Å². The van der Waals surface area contributed by atoms with Gasteiger partial charge >= 0.3 is 5.97 Å². The van der Waals surface area contributed by atoms with Crippen molar-refractivity contribution in [3.8, 4) is 17.2 Å². The predicted molar refractivity (Wildman–Crippen MR) is 130 cm³/mol. The van der Waals surface area contributed by atoms with Crippen LogP contribution in [0.25, 0.3) is 6.08 Å². The van der Waals surface area contributed by atoms with Gasteiger partial charge in [0.05, 0.1) is 19.1 Å². The molecule has 1 amide bonds. The monoisotopic (exact) mass is 481 g/mol. The standard InChI is InChI=1S/C23H31NO6S2/c1-29-17-13-16(14-18(30-2)21(17)27)15-19-22(28)24(23(31)32-19)12-10-8-6-4-3-5-7-9-11-20(25)26/h13-15,27H,3-12H2,1-2H3,(H,25,26)/b19-15-. The van der Waals surface area contributed by atoms with Crippen molar-refractivity contribution in [1.82, 2.24) is 4.90 Å². The Balaban J connectivity index is 1.79. The molecule has 1 heterocycles. The zero-order valence-corrected chi connectivity index (χ0v) is 20.2. The Hall–Kier alpha value is -2.26. The molecule has 0 radical (unpaired) electrons. The quantitative estimate of drug-likeness (QED) is 0.212. The average Bonchev–Trinajstić information content (AvgIpc) is 3.02. The minimum atomic E-state index is -0.724. The van der Waals surface area contributed by atoms with E-state index in [0.29, 0.717) is 21.3 Å². The third kappa shape index (κ3) is 7.70. The number of carboxylic acids is 1. The van der Waals surface area contributed by atoms with Crippen molar-refractivity contribution in [3.05, 3.63) is 22.6 Å². The molecule has 1 saturated heterocycles. The highest BCUT2D eigenvalue weighted by atomic mass is 32.2. The zero-order valence-electron chi connectivity index (χ0n) is 18.6. The van der Waals surface area contributed by atoms with Gasteiger partial charge in [0.2, 0.25) is 5.75 Å². The maximum atomic E-state index is 12.8. The van der Waals surface area contributed by atoms with E-state index in [4.69, 9.17) is 26.8 Å². The van der Waals surface area contributed by atoms with E-state index in [-0.39, 0.29) is 29.6 Å². The molecular formula is C23H31NO6S2. The van der Waals surface area contributed by atoms with Crippen LogP contribution in [-0.2, 0) is 9.59 Å². The number of carbonyl (C=O) groups excluding carboxylic acids is 1. The number of hydrogen-bond acceptors (Lipinski definition) is 7. The van der Waals surface area contributed by atoms with Gasteiger partial charge in [-0.05, 0) is 36.6 Å². The molecule has 0 bridgehead atoms. The summed E-state index contributed by atoms with van der Waals surface area (Å²) in [5, 5.41) is 18.7. The number of carboxylic acid groups (broad SMARTS) is 1. The van der Waals surface area contributed by atoms with Gasteiger partial charge in [0, 0.05) is 13.0 Å². The largest absolute Gasteiger partial charge is 0.502 e. The van der Waals surface area contributed by atoms with Crippen LogP contribution < -0.4 is 9.47 Å². The smallest absolute Gasteiger partial charge is 0.303 e. The number of thiocarbonyl (C=S) groups is 1. The Morgan fingerprint density at radius 2 is 1.56 bits per heavy atom. The number of phenols is 1.